The van der Waals surface area contributed by atoms with Crippen LogP contribution in [-0.4, -0.2) is 44.9 Å². The highest BCUT2D eigenvalue weighted by Crippen LogP contribution is 2.45. The van der Waals surface area contributed by atoms with Crippen LogP contribution in [-0.2, 0) is 10.0 Å². The number of aryl methyl sites for hydroxylation is 1. The molecule has 3 aromatic carbocycles. The van der Waals surface area contributed by atoms with E-state index in [9.17, 15) is 26.7 Å². The van der Waals surface area contributed by atoms with Crippen LogP contribution in [0.4, 0.5) is 24.5 Å². The summed E-state index contributed by atoms with van der Waals surface area (Å²) in [4.78, 5) is 2.23. The fraction of sp³-hybridized carbons (Fsp3) is 0.333. The maximum atomic E-state index is 14.3. The number of nitrogens with zero attached hydrogens (tertiary/aromatic N) is 2. The highest BCUT2D eigenvalue weighted by molar-refractivity contribution is 7.92. The van der Waals surface area contributed by atoms with Gasteiger partial charge in [-0.1, -0.05) is 18.2 Å². The van der Waals surface area contributed by atoms with Crippen LogP contribution < -0.4 is 13.9 Å². The molecule has 2 aliphatic heterocycles. The Hall–Kier alpha value is -3.24. The summed E-state index contributed by atoms with van der Waals surface area (Å²) in [6, 6.07) is 14.8. The van der Waals surface area contributed by atoms with E-state index in [2.05, 4.69) is 9.64 Å². The molecule has 0 unspecified atom stereocenters. The van der Waals surface area contributed by atoms with Crippen molar-refractivity contribution < 1.29 is 31.4 Å². The minimum Gasteiger partial charge on any atom is -0.435 e. The highest BCUT2D eigenvalue weighted by Gasteiger charge is 2.43. The van der Waals surface area contributed by atoms with Crippen LogP contribution in [0, 0.1) is 12.7 Å². The van der Waals surface area contributed by atoms with Gasteiger partial charge in [-0.2, -0.15) is 8.78 Å². The Bertz CT molecular complexity index is 1450. The molecule has 5 rings (SSSR count). The zero-order valence-electron chi connectivity index (χ0n) is 20.4. The standard InChI is InChI=1S/C27H27F3N2O4S/c1-17-4-3-5-23(10-17)37(34,35)32-16-21-15-27(2,33)8-9-31(21)24-7-6-18(13-25(24)32)19-11-20(28)14-22(12-19)36-26(29)30/h3-7,10-14,21,26,33H,8-9,15-16H2,1-2H3/t21-,27-/m0/s1. The fourth-order valence-electron chi connectivity index (χ4n) is 5.21. The number of benzene rings is 3. The predicted molar refractivity (Wildman–Crippen MR) is 135 cm³/mol. The number of hydrogen-bond acceptors (Lipinski definition) is 5. The molecule has 0 radical (unpaired) electrons. The third kappa shape index (κ3) is 5.00. The molecule has 1 saturated heterocycles. The molecule has 2 atom stereocenters. The molecule has 1 fully saturated rings. The Labute approximate surface area is 214 Å². The normalized spacial score (nSPS) is 21.5. The van der Waals surface area contributed by atoms with Crippen molar-refractivity contribution in [1.29, 1.82) is 0 Å². The third-order valence-electron chi connectivity index (χ3n) is 6.94. The third-order valence-corrected chi connectivity index (χ3v) is 8.72. The number of anilines is 2. The summed E-state index contributed by atoms with van der Waals surface area (Å²) in [6.07, 6.45) is 0.916. The van der Waals surface area contributed by atoms with Crippen molar-refractivity contribution in [1.82, 2.24) is 0 Å². The molecule has 0 aliphatic carbocycles. The van der Waals surface area contributed by atoms with Crippen molar-refractivity contribution in [3.8, 4) is 16.9 Å². The van der Waals surface area contributed by atoms with Crippen LogP contribution >= 0.6 is 0 Å². The summed E-state index contributed by atoms with van der Waals surface area (Å²) in [5.74, 6) is -1.08. The summed E-state index contributed by atoms with van der Waals surface area (Å²) in [7, 11) is -3.99. The molecular formula is C27H27F3N2O4S. The van der Waals surface area contributed by atoms with Crippen molar-refractivity contribution in [2.75, 3.05) is 22.3 Å². The van der Waals surface area contributed by atoms with Crippen molar-refractivity contribution in [3.63, 3.8) is 0 Å². The van der Waals surface area contributed by atoms with E-state index in [1.165, 1.54) is 22.5 Å². The molecule has 3 aromatic rings. The van der Waals surface area contributed by atoms with Crippen LogP contribution in [0.3, 0.4) is 0 Å². The molecule has 2 aliphatic rings. The maximum Gasteiger partial charge on any atom is 0.387 e. The second-order valence-corrected chi connectivity index (χ2v) is 11.8. The first-order chi connectivity index (χ1) is 17.4. The molecule has 6 nitrogen and oxygen atoms in total. The minimum atomic E-state index is -3.99. The number of halogens is 3. The van der Waals surface area contributed by atoms with Gasteiger partial charge in [0.2, 0.25) is 0 Å². The Morgan fingerprint density at radius 1 is 1.05 bits per heavy atom. The summed E-state index contributed by atoms with van der Waals surface area (Å²) < 4.78 is 73.3. The second-order valence-electron chi connectivity index (χ2n) is 9.91. The zero-order chi connectivity index (χ0) is 26.5. The highest BCUT2D eigenvalue weighted by atomic mass is 32.2. The number of rotatable bonds is 5. The predicted octanol–water partition coefficient (Wildman–Crippen LogP) is 5.33. The molecule has 0 bridgehead atoms. The SMILES string of the molecule is Cc1cccc(S(=O)(=O)N2C[C@@H]3C[C@@](C)(O)CCN3c3ccc(-c4cc(F)cc(OC(F)F)c4)cc32)c1. The average Bonchev–Trinajstić information content (AvgIpc) is 2.81. The minimum absolute atomic E-state index is 0.117. The smallest absolute Gasteiger partial charge is 0.387 e. The lowest BCUT2D eigenvalue weighted by atomic mass is 9.86. The van der Waals surface area contributed by atoms with Crippen molar-refractivity contribution in [2.45, 2.75) is 49.8 Å². The lowest BCUT2D eigenvalue weighted by Gasteiger charge is -2.49. The first-order valence-electron chi connectivity index (χ1n) is 11.9. The van der Waals surface area contributed by atoms with Gasteiger partial charge in [-0.3, -0.25) is 4.31 Å². The van der Waals surface area contributed by atoms with Crippen molar-refractivity contribution in [3.05, 3.63) is 72.0 Å². The molecular weight excluding hydrogens is 505 g/mol. The van der Waals surface area contributed by atoms with Crippen molar-refractivity contribution in [2.24, 2.45) is 0 Å². The lowest BCUT2D eigenvalue weighted by Crippen LogP contribution is -2.57. The monoisotopic (exact) mass is 532 g/mol. The summed E-state index contributed by atoms with van der Waals surface area (Å²) in [6.45, 7) is 1.11. The van der Waals surface area contributed by atoms with Gasteiger partial charge in [0.25, 0.3) is 10.0 Å². The number of alkyl halides is 2. The van der Waals surface area contributed by atoms with Crippen LogP contribution in [0.25, 0.3) is 11.1 Å². The van der Waals surface area contributed by atoms with E-state index >= 15 is 0 Å². The molecule has 37 heavy (non-hydrogen) atoms. The Balaban J connectivity index is 1.64. The Kier molecular flexibility index (Phi) is 6.35. The maximum absolute atomic E-state index is 14.3. The zero-order valence-corrected chi connectivity index (χ0v) is 21.2. The van der Waals surface area contributed by atoms with E-state index in [0.717, 1.165) is 11.6 Å². The fourth-order valence-corrected chi connectivity index (χ4v) is 6.82. The first-order valence-corrected chi connectivity index (χ1v) is 13.4. The number of aliphatic hydroxyl groups is 1. The van der Waals surface area contributed by atoms with E-state index in [1.807, 2.05) is 13.0 Å². The van der Waals surface area contributed by atoms with Gasteiger partial charge in [0.1, 0.15) is 11.6 Å². The topological polar surface area (TPSA) is 70.1 Å². The molecule has 10 heteroatoms. The lowest BCUT2D eigenvalue weighted by molar-refractivity contribution is -0.0499. The largest absolute Gasteiger partial charge is 0.435 e. The number of fused-ring (bicyclic) bond motifs is 3. The van der Waals surface area contributed by atoms with E-state index in [1.54, 1.807) is 37.3 Å². The number of ether oxygens (including phenoxy) is 1. The van der Waals surface area contributed by atoms with E-state index in [0.29, 0.717) is 36.3 Å². The molecule has 0 saturated carbocycles. The van der Waals surface area contributed by atoms with Gasteiger partial charge >= 0.3 is 6.61 Å². The average molecular weight is 533 g/mol. The van der Waals surface area contributed by atoms with Crippen LogP contribution in [0.2, 0.25) is 0 Å². The number of piperidine rings is 1. The Morgan fingerprint density at radius 3 is 2.57 bits per heavy atom. The number of hydrogen-bond donors (Lipinski definition) is 1. The Morgan fingerprint density at radius 2 is 1.84 bits per heavy atom. The molecule has 0 amide bonds. The van der Waals surface area contributed by atoms with Gasteiger partial charge < -0.3 is 14.7 Å². The summed E-state index contributed by atoms with van der Waals surface area (Å²) in [5.41, 5.74) is 1.67. The van der Waals surface area contributed by atoms with E-state index in [-0.39, 0.29) is 28.8 Å². The molecule has 0 aromatic heterocycles. The van der Waals surface area contributed by atoms with Gasteiger partial charge in [0.05, 0.1) is 34.5 Å². The van der Waals surface area contributed by atoms with Gasteiger partial charge in [0, 0.05) is 12.6 Å². The summed E-state index contributed by atoms with van der Waals surface area (Å²) in [5, 5.41) is 10.7. The van der Waals surface area contributed by atoms with E-state index in [4.69, 9.17) is 0 Å². The van der Waals surface area contributed by atoms with Crippen LogP contribution in [0.5, 0.6) is 5.75 Å². The molecule has 1 N–H and O–H groups in total. The van der Waals surface area contributed by atoms with Crippen LogP contribution in [0.1, 0.15) is 25.3 Å². The summed E-state index contributed by atoms with van der Waals surface area (Å²) >= 11 is 0. The van der Waals surface area contributed by atoms with Gasteiger partial charge in [-0.15, -0.1) is 0 Å². The second kappa shape index (κ2) is 9.25. The van der Waals surface area contributed by atoms with Gasteiger partial charge in [-0.25, -0.2) is 12.8 Å². The number of sulfonamides is 1. The van der Waals surface area contributed by atoms with Crippen LogP contribution in [0.15, 0.2) is 65.6 Å². The first kappa shape index (κ1) is 25.4. The quantitative estimate of drug-likeness (QED) is 0.481. The van der Waals surface area contributed by atoms with Gasteiger partial charge in [0.15, 0.2) is 0 Å². The van der Waals surface area contributed by atoms with Gasteiger partial charge in [-0.05, 0) is 79.8 Å². The van der Waals surface area contributed by atoms with Crippen molar-refractivity contribution >= 4 is 21.4 Å². The molecule has 2 heterocycles. The van der Waals surface area contributed by atoms with E-state index < -0.39 is 28.1 Å². The molecule has 196 valence electrons. The molecule has 0 spiro atoms.